The maximum Gasteiger partial charge on any atom is 0.244 e. The van der Waals surface area contributed by atoms with E-state index in [0.717, 1.165) is 12.3 Å². The van der Waals surface area contributed by atoms with E-state index in [9.17, 15) is 22.4 Å². The number of hydrogen-bond donors (Lipinski definition) is 1. The first-order valence-electron chi connectivity index (χ1n) is 10.7. The Morgan fingerprint density at radius 3 is 2.21 bits per heavy atom. The van der Waals surface area contributed by atoms with Crippen LogP contribution in [0.3, 0.4) is 0 Å². The summed E-state index contributed by atoms with van der Waals surface area (Å²) in [4.78, 5) is 27.6. The van der Waals surface area contributed by atoms with Crippen molar-refractivity contribution in [2.75, 3.05) is 23.7 Å². The lowest BCUT2D eigenvalue weighted by molar-refractivity contribution is -0.140. The molecule has 2 aromatic rings. The van der Waals surface area contributed by atoms with E-state index in [0.29, 0.717) is 32.9 Å². The highest BCUT2D eigenvalue weighted by Gasteiger charge is 2.33. The Morgan fingerprint density at radius 1 is 1.06 bits per heavy atom. The molecule has 0 aliphatic heterocycles. The van der Waals surface area contributed by atoms with Crippen molar-refractivity contribution in [2.24, 2.45) is 0 Å². The van der Waals surface area contributed by atoms with Crippen LogP contribution in [-0.2, 0) is 26.2 Å². The van der Waals surface area contributed by atoms with E-state index in [-0.39, 0.29) is 18.7 Å². The van der Waals surface area contributed by atoms with E-state index in [2.05, 4.69) is 5.32 Å². The summed E-state index contributed by atoms with van der Waals surface area (Å²) in [5.74, 6) is -1.89. The van der Waals surface area contributed by atoms with Gasteiger partial charge in [-0.25, -0.2) is 12.8 Å². The van der Waals surface area contributed by atoms with Gasteiger partial charge in [0.2, 0.25) is 21.8 Å². The standard InChI is InChI=1S/C23H28Cl2FN3O4S/c1-4-13-27-23(31)20(5-2)28(14-16-17(24)9-8-10-18(16)25)22(30)15-29(34(3,32)33)21-12-7-6-11-19(21)26/h6-12,20H,4-5,13-15H2,1-3H3,(H,27,31). The summed E-state index contributed by atoms with van der Waals surface area (Å²) < 4.78 is 40.1. The SMILES string of the molecule is CCCNC(=O)C(CC)N(Cc1c(Cl)cccc1Cl)C(=O)CN(c1ccccc1F)S(C)(=O)=O. The summed E-state index contributed by atoms with van der Waals surface area (Å²) in [6, 6.07) is 9.18. The number of halogens is 3. The predicted molar refractivity (Wildman–Crippen MR) is 133 cm³/mol. The summed E-state index contributed by atoms with van der Waals surface area (Å²) in [6.07, 6.45) is 1.83. The van der Waals surface area contributed by atoms with Crippen LogP contribution in [0.15, 0.2) is 42.5 Å². The summed E-state index contributed by atoms with van der Waals surface area (Å²) >= 11 is 12.6. The Labute approximate surface area is 209 Å². The zero-order valence-electron chi connectivity index (χ0n) is 19.2. The van der Waals surface area contributed by atoms with Gasteiger partial charge in [0, 0.05) is 28.7 Å². The van der Waals surface area contributed by atoms with Gasteiger partial charge in [-0.05, 0) is 37.1 Å². The van der Waals surface area contributed by atoms with Gasteiger partial charge in [-0.2, -0.15) is 0 Å². The molecule has 0 aliphatic rings. The molecule has 0 saturated carbocycles. The molecule has 1 unspecified atom stereocenters. The lowest BCUT2D eigenvalue weighted by Crippen LogP contribution is -2.52. The van der Waals surface area contributed by atoms with E-state index in [4.69, 9.17) is 23.2 Å². The third-order valence-electron chi connectivity index (χ3n) is 5.13. The van der Waals surface area contributed by atoms with Gasteiger partial charge >= 0.3 is 0 Å². The molecule has 0 aromatic heterocycles. The third kappa shape index (κ3) is 7.07. The van der Waals surface area contributed by atoms with Gasteiger partial charge in [0.1, 0.15) is 18.4 Å². The molecule has 11 heteroatoms. The number of amides is 2. The zero-order chi connectivity index (χ0) is 25.5. The summed E-state index contributed by atoms with van der Waals surface area (Å²) in [7, 11) is -4.03. The van der Waals surface area contributed by atoms with Crippen molar-refractivity contribution < 1.29 is 22.4 Å². The molecule has 34 heavy (non-hydrogen) atoms. The first-order valence-corrected chi connectivity index (χ1v) is 13.3. The lowest BCUT2D eigenvalue weighted by Gasteiger charge is -2.33. The van der Waals surface area contributed by atoms with Crippen LogP contribution >= 0.6 is 23.2 Å². The molecule has 2 amide bonds. The molecule has 0 aliphatic carbocycles. The van der Waals surface area contributed by atoms with E-state index in [1.54, 1.807) is 25.1 Å². The molecule has 0 spiro atoms. The quantitative estimate of drug-likeness (QED) is 0.469. The van der Waals surface area contributed by atoms with Gasteiger partial charge in [-0.1, -0.05) is 55.2 Å². The van der Waals surface area contributed by atoms with Crippen LogP contribution in [0.1, 0.15) is 32.3 Å². The van der Waals surface area contributed by atoms with Crippen LogP contribution in [0.25, 0.3) is 0 Å². The van der Waals surface area contributed by atoms with E-state index in [1.165, 1.54) is 23.1 Å². The van der Waals surface area contributed by atoms with Gasteiger partial charge in [0.25, 0.3) is 0 Å². The Hall–Kier alpha value is -2.36. The number of anilines is 1. The highest BCUT2D eigenvalue weighted by molar-refractivity contribution is 7.92. The van der Waals surface area contributed by atoms with Crippen LogP contribution in [0, 0.1) is 5.82 Å². The van der Waals surface area contributed by atoms with E-state index >= 15 is 0 Å². The Balaban J connectivity index is 2.50. The fourth-order valence-electron chi connectivity index (χ4n) is 3.39. The number of sulfonamides is 1. The van der Waals surface area contributed by atoms with E-state index in [1.807, 2.05) is 6.92 Å². The molecular weight excluding hydrogens is 504 g/mol. The number of rotatable bonds is 11. The Kier molecular flexibility index (Phi) is 10.1. The molecule has 2 aromatic carbocycles. The second-order valence-corrected chi connectivity index (χ2v) is 10.4. The number of para-hydroxylation sites is 1. The molecule has 0 heterocycles. The predicted octanol–water partition coefficient (Wildman–Crippen LogP) is 4.23. The number of nitrogens with one attached hydrogen (secondary N) is 1. The van der Waals surface area contributed by atoms with Gasteiger partial charge in [0.05, 0.1) is 11.9 Å². The zero-order valence-corrected chi connectivity index (χ0v) is 21.6. The highest BCUT2D eigenvalue weighted by Crippen LogP contribution is 2.28. The van der Waals surface area contributed by atoms with Gasteiger partial charge in [-0.15, -0.1) is 0 Å². The van der Waals surface area contributed by atoms with Crippen molar-refractivity contribution in [1.82, 2.24) is 10.2 Å². The molecule has 1 N–H and O–H groups in total. The smallest absolute Gasteiger partial charge is 0.244 e. The van der Waals surface area contributed by atoms with Gasteiger partial charge in [0.15, 0.2) is 0 Å². The third-order valence-corrected chi connectivity index (χ3v) is 6.96. The maximum atomic E-state index is 14.4. The summed E-state index contributed by atoms with van der Waals surface area (Å²) in [6.45, 7) is 3.19. The highest BCUT2D eigenvalue weighted by atomic mass is 35.5. The minimum absolute atomic E-state index is 0.135. The first kappa shape index (κ1) is 27.9. The van der Waals surface area contributed by atoms with Crippen molar-refractivity contribution in [2.45, 2.75) is 39.3 Å². The average molecular weight is 532 g/mol. The molecule has 7 nitrogen and oxygen atoms in total. The molecule has 0 bridgehead atoms. The molecule has 186 valence electrons. The molecule has 0 fully saturated rings. The molecule has 1 atom stereocenters. The van der Waals surface area contributed by atoms with Crippen molar-refractivity contribution in [1.29, 1.82) is 0 Å². The summed E-state index contributed by atoms with van der Waals surface area (Å²) in [5.41, 5.74) is 0.148. The summed E-state index contributed by atoms with van der Waals surface area (Å²) in [5, 5.41) is 3.36. The maximum absolute atomic E-state index is 14.4. The lowest BCUT2D eigenvalue weighted by atomic mass is 10.1. The second kappa shape index (κ2) is 12.4. The number of benzene rings is 2. The molecule has 0 saturated heterocycles. The van der Waals surface area contributed by atoms with Crippen molar-refractivity contribution in [3.8, 4) is 0 Å². The van der Waals surface area contributed by atoms with Crippen LogP contribution in [-0.4, -0.2) is 50.5 Å². The molecule has 2 rings (SSSR count). The Bertz CT molecular complexity index is 1110. The van der Waals surface area contributed by atoms with Crippen molar-refractivity contribution in [3.63, 3.8) is 0 Å². The largest absolute Gasteiger partial charge is 0.354 e. The minimum Gasteiger partial charge on any atom is -0.354 e. The first-order chi connectivity index (χ1) is 16.0. The van der Waals surface area contributed by atoms with Crippen LogP contribution in [0.5, 0.6) is 0 Å². The fraction of sp³-hybridized carbons (Fsp3) is 0.391. The minimum atomic E-state index is -4.03. The van der Waals surface area contributed by atoms with Crippen molar-refractivity contribution in [3.05, 3.63) is 63.9 Å². The average Bonchev–Trinajstić information content (AvgIpc) is 2.77. The van der Waals surface area contributed by atoms with Gasteiger partial charge < -0.3 is 10.2 Å². The number of carbonyl (C=O) groups is 2. The van der Waals surface area contributed by atoms with Crippen LogP contribution in [0.2, 0.25) is 10.0 Å². The Morgan fingerprint density at radius 2 is 1.68 bits per heavy atom. The monoisotopic (exact) mass is 531 g/mol. The van der Waals surface area contributed by atoms with E-state index < -0.39 is 40.2 Å². The number of nitrogens with zero attached hydrogens (tertiary/aromatic N) is 2. The normalized spacial score (nSPS) is 12.2. The number of carbonyl (C=O) groups excluding carboxylic acids is 2. The van der Waals surface area contributed by atoms with Crippen molar-refractivity contribution >= 4 is 50.7 Å². The molecule has 0 radical (unpaired) electrons. The van der Waals surface area contributed by atoms with Gasteiger partial charge in [-0.3, -0.25) is 13.9 Å². The fourth-order valence-corrected chi connectivity index (χ4v) is 4.76. The molecular formula is C23H28Cl2FN3O4S. The second-order valence-electron chi connectivity index (χ2n) is 7.66. The van der Waals surface area contributed by atoms with Crippen LogP contribution in [0.4, 0.5) is 10.1 Å². The number of hydrogen-bond acceptors (Lipinski definition) is 4. The van der Waals surface area contributed by atoms with Crippen LogP contribution < -0.4 is 9.62 Å². The topological polar surface area (TPSA) is 86.8 Å².